The highest BCUT2D eigenvalue weighted by atomic mass is 79.9. The highest BCUT2D eigenvalue weighted by molar-refractivity contribution is 9.09. The molecule has 0 aliphatic carbocycles. The number of rotatable bonds is 7. The number of aryl methyl sites for hydroxylation is 1. The maximum absolute atomic E-state index is 11.6. The van der Waals surface area contributed by atoms with Gasteiger partial charge in [0.25, 0.3) is 0 Å². The molecule has 100 valence electrons. The molecule has 18 heavy (non-hydrogen) atoms. The van der Waals surface area contributed by atoms with Crippen LogP contribution in [0.2, 0.25) is 0 Å². The van der Waals surface area contributed by atoms with E-state index in [1.807, 2.05) is 32.0 Å². The van der Waals surface area contributed by atoms with E-state index in [9.17, 15) is 4.79 Å². The van der Waals surface area contributed by atoms with E-state index >= 15 is 0 Å². The van der Waals surface area contributed by atoms with Crippen LogP contribution in [0, 0.1) is 0 Å². The molecular formula is C14H20BrNO2. The second-order valence-electron chi connectivity index (χ2n) is 4.00. The molecule has 0 aliphatic rings. The van der Waals surface area contributed by atoms with Gasteiger partial charge in [0.15, 0.2) is 0 Å². The van der Waals surface area contributed by atoms with E-state index in [0.717, 1.165) is 29.6 Å². The summed E-state index contributed by atoms with van der Waals surface area (Å²) in [6.07, 6.45) is 2.33. The fraction of sp³-hybridized carbons (Fsp3) is 0.500. The normalized spacial score (nSPS) is 10.2. The topological polar surface area (TPSA) is 38.3 Å². The lowest BCUT2D eigenvalue weighted by molar-refractivity contribution is -0.116. The standard InChI is InChI=1S/C14H20BrNO2/c1-3-5-14(17)16-12-7-6-11(8-9-15)10-13(12)18-4-2/h6-7,10H,3-5,8-9H2,1-2H3,(H,16,17). The van der Waals surface area contributed by atoms with Gasteiger partial charge in [0, 0.05) is 11.8 Å². The van der Waals surface area contributed by atoms with Gasteiger partial charge in [0.2, 0.25) is 5.91 Å². The highest BCUT2D eigenvalue weighted by Gasteiger charge is 2.08. The Bertz CT molecular complexity index is 393. The number of carbonyl (C=O) groups is 1. The first-order valence-electron chi connectivity index (χ1n) is 6.32. The summed E-state index contributed by atoms with van der Waals surface area (Å²) in [5, 5.41) is 3.81. The lowest BCUT2D eigenvalue weighted by Gasteiger charge is -2.12. The third-order valence-corrected chi connectivity index (χ3v) is 2.88. The first kappa shape index (κ1) is 15.0. The van der Waals surface area contributed by atoms with Crippen LogP contribution in [-0.4, -0.2) is 17.8 Å². The predicted molar refractivity (Wildman–Crippen MR) is 78.6 cm³/mol. The number of ether oxygens (including phenoxy) is 1. The van der Waals surface area contributed by atoms with Gasteiger partial charge in [-0.1, -0.05) is 28.9 Å². The number of hydrogen-bond donors (Lipinski definition) is 1. The summed E-state index contributed by atoms with van der Waals surface area (Å²) in [4.78, 5) is 11.6. The zero-order chi connectivity index (χ0) is 13.4. The minimum absolute atomic E-state index is 0.0340. The summed E-state index contributed by atoms with van der Waals surface area (Å²) in [5.74, 6) is 0.784. The van der Waals surface area contributed by atoms with Crippen LogP contribution in [0.5, 0.6) is 5.75 Å². The minimum atomic E-state index is 0.0340. The fourth-order valence-corrected chi connectivity index (χ4v) is 2.11. The van der Waals surface area contributed by atoms with Crippen LogP contribution in [0.25, 0.3) is 0 Å². The Hall–Kier alpha value is -1.03. The summed E-state index contributed by atoms with van der Waals surface area (Å²) in [5.41, 5.74) is 1.96. The van der Waals surface area contributed by atoms with Crippen LogP contribution in [0.15, 0.2) is 18.2 Å². The molecule has 0 heterocycles. The first-order chi connectivity index (χ1) is 8.71. The molecular weight excluding hydrogens is 294 g/mol. The number of benzene rings is 1. The molecule has 1 rings (SSSR count). The Balaban J connectivity index is 2.85. The van der Waals surface area contributed by atoms with Crippen molar-refractivity contribution in [1.29, 1.82) is 0 Å². The summed E-state index contributed by atoms with van der Waals surface area (Å²) >= 11 is 3.42. The first-order valence-corrected chi connectivity index (χ1v) is 7.45. The molecule has 1 aromatic rings. The van der Waals surface area contributed by atoms with Gasteiger partial charge in [0.05, 0.1) is 12.3 Å². The Morgan fingerprint density at radius 2 is 2.17 bits per heavy atom. The Labute approximate surface area is 117 Å². The van der Waals surface area contributed by atoms with E-state index in [0.29, 0.717) is 13.0 Å². The van der Waals surface area contributed by atoms with E-state index in [4.69, 9.17) is 4.74 Å². The molecule has 0 atom stereocenters. The molecule has 1 amide bonds. The van der Waals surface area contributed by atoms with Crippen molar-refractivity contribution in [3.8, 4) is 5.75 Å². The van der Waals surface area contributed by atoms with Gasteiger partial charge >= 0.3 is 0 Å². The molecule has 1 aromatic carbocycles. The van der Waals surface area contributed by atoms with Crippen molar-refractivity contribution in [1.82, 2.24) is 0 Å². The Morgan fingerprint density at radius 1 is 1.39 bits per heavy atom. The minimum Gasteiger partial charge on any atom is -0.492 e. The van der Waals surface area contributed by atoms with Crippen LogP contribution in [0.1, 0.15) is 32.3 Å². The van der Waals surface area contributed by atoms with Crippen molar-refractivity contribution in [3.63, 3.8) is 0 Å². The molecule has 0 bridgehead atoms. The molecule has 0 unspecified atom stereocenters. The molecule has 0 saturated carbocycles. The molecule has 0 spiro atoms. The van der Waals surface area contributed by atoms with Gasteiger partial charge in [-0.3, -0.25) is 4.79 Å². The Morgan fingerprint density at radius 3 is 2.78 bits per heavy atom. The van der Waals surface area contributed by atoms with Gasteiger partial charge < -0.3 is 10.1 Å². The number of hydrogen-bond acceptors (Lipinski definition) is 2. The summed E-state index contributed by atoms with van der Waals surface area (Å²) in [6, 6.07) is 5.92. The van der Waals surface area contributed by atoms with Gasteiger partial charge in [-0.25, -0.2) is 0 Å². The van der Waals surface area contributed by atoms with Crippen LogP contribution < -0.4 is 10.1 Å². The largest absolute Gasteiger partial charge is 0.492 e. The highest BCUT2D eigenvalue weighted by Crippen LogP contribution is 2.26. The van der Waals surface area contributed by atoms with Gasteiger partial charge in [0.1, 0.15) is 5.75 Å². The van der Waals surface area contributed by atoms with Gasteiger partial charge in [-0.05, 0) is 37.5 Å². The number of anilines is 1. The summed E-state index contributed by atoms with van der Waals surface area (Å²) < 4.78 is 5.57. The van der Waals surface area contributed by atoms with Crippen LogP contribution in [0.4, 0.5) is 5.69 Å². The van der Waals surface area contributed by atoms with Crippen LogP contribution >= 0.6 is 15.9 Å². The smallest absolute Gasteiger partial charge is 0.224 e. The summed E-state index contributed by atoms with van der Waals surface area (Å²) in [6.45, 7) is 4.52. The number of amides is 1. The number of alkyl halides is 1. The van der Waals surface area contributed by atoms with Crippen molar-refractivity contribution in [2.45, 2.75) is 33.1 Å². The fourth-order valence-electron chi connectivity index (χ4n) is 1.65. The lowest BCUT2D eigenvalue weighted by Crippen LogP contribution is -2.12. The molecule has 0 aliphatic heterocycles. The third kappa shape index (κ3) is 4.69. The zero-order valence-electron chi connectivity index (χ0n) is 11.0. The third-order valence-electron chi connectivity index (χ3n) is 2.48. The lowest BCUT2D eigenvalue weighted by atomic mass is 10.1. The van der Waals surface area contributed by atoms with Crippen molar-refractivity contribution < 1.29 is 9.53 Å². The van der Waals surface area contributed by atoms with Crippen molar-refractivity contribution in [2.75, 3.05) is 17.3 Å². The van der Waals surface area contributed by atoms with Crippen LogP contribution in [-0.2, 0) is 11.2 Å². The molecule has 4 heteroatoms. The monoisotopic (exact) mass is 313 g/mol. The molecule has 0 radical (unpaired) electrons. The second-order valence-corrected chi connectivity index (χ2v) is 4.79. The van der Waals surface area contributed by atoms with Gasteiger partial charge in [-0.15, -0.1) is 0 Å². The average molecular weight is 314 g/mol. The Kier molecular flexibility index (Phi) is 6.80. The maximum Gasteiger partial charge on any atom is 0.224 e. The predicted octanol–water partition coefficient (Wildman–Crippen LogP) is 3.76. The van der Waals surface area contributed by atoms with E-state index in [1.54, 1.807) is 0 Å². The molecule has 1 N–H and O–H groups in total. The maximum atomic E-state index is 11.6. The molecule has 0 aromatic heterocycles. The van der Waals surface area contributed by atoms with E-state index < -0.39 is 0 Å². The molecule has 0 fully saturated rings. The second kappa shape index (κ2) is 8.14. The van der Waals surface area contributed by atoms with Crippen molar-refractivity contribution in [3.05, 3.63) is 23.8 Å². The molecule has 0 saturated heterocycles. The quantitative estimate of drug-likeness (QED) is 0.778. The number of carbonyl (C=O) groups excluding carboxylic acids is 1. The number of halogens is 1. The molecule has 3 nitrogen and oxygen atoms in total. The zero-order valence-corrected chi connectivity index (χ0v) is 12.5. The van der Waals surface area contributed by atoms with E-state index in [-0.39, 0.29) is 5.91 Å². The SMILES string of the molecule is CCCC(=O)Nc1ccc(CCBr)cc1OCC. The van der Waals surface area contributed by atoms with Gasteiger partial charge in [-0.2, -0.15) is 0 Å². The van der Waals surface area contributed by atoms with Crippen molar-refractivity contribution in [2.24, 2.45) is 0 Å². The average Bonchev–Trinajstić information content (AvgIpc) is 2.33. The van der Waals surface area contributed by atoms with E-state index in [2.05, 4.69) is 21.2 Å². The van der Waals surface area contributed by atoms with Crippen LogP contribution in [0.3, 0.4) is 0 Å². The summed E-state index contributed by atoms with van der Waals surface area (Å²) in [7, 11) is 0. The van der Waals surface area contributed by atoms with Crippen molar-refractivity contribution >= 4 is 27.5 Å². The van der Waals surface area contributed by atoms with E-state index in [1.165, 1.54) is 5.56 Å². The number of nitrogens with one attached hydrogen (secondary N) is 1.